The fourth-order valence-corrected chi connectivity index (χ4v) is 2.52. The molecule has 7 heteroatoms. The van der Waals surface area contributed by atoms with Crippen molar-refractivity contribution in [1.29, 1.82) is 0 Å². The van der Waals surface area contributed by atoms with E-state index in [1.165, 1.54) is 6.07 Å². The molecular formula is C13H9N3O3S. The molecule has 0 atom stereocenters. The van der Waals surface area contributed by atoms with Gasteiger partial charge in [-0.05, 0) is 24.3 Å². The van der Waals surface area contributed by atoms with Gasteiger partial charge in [-0.25, -0.2) is 4.79 Å². The molecular weight excluding hydrogens is 278 g/mol. The molecule has 3 rings (SSSR count). The van der Waals surface area contributed by atoms with E-state index in [9.17, 15) is 9.59 Å². The Labute approximate surface area is 117 Å². The molecule has 0 unspecified atom stereocenters. The van der Waals surface area contributed by atoms with Crippen LogP contribution in [0.15, 0.2) is 36.5 Å². The second-order valence-electron chi connectivity index (χ2n) is 4.10. The van der Waals surface area contributed by atoms with Crippen molar-refractivity contribution in [3.05, 3.63) is 47.0 Å². The van der Waals surface area contributed by atoms with E-state index in [2.05, 4.69) is 15.5 Å². The van der Waals surface area contributed by atoms with Crippen LogP contribution >= 0.6 is 11.3 Å². The van der Waals surface area contributed by atoms with Gasteiger partial charge in [-0.15, -0.1) is 11.3 Å². The number of aromatic amines is 1. The van der Waals surface area contributed by atoms with Crippen molar-refractivity contribution >= 4 is 39.1 Å². The average Bonchev–Trinajstić information content (AvgIpc) is 3.05. The van der Waals surface area contributed by atoms with Gasteiger partial charge in [-0.1, -0.05) is 6.07 Å². The average molecular weight is 287 g/mol. The number of aromatic carboxylic acids is 1. The number of amides is 1. The Morgan fingerprint density at radius 2 is 2.10 bits per heavy atom. The first-order valence-electron chi connectivity index (χ1n) is 5.71. The fraction of sp³-hybridized carbons (Fsp3) is 0. The number of rotatable bonds is 3. The third-order valence-electron chi connectivity index (χ3n) is 2.76. The van der Waals surface area contributed by atoms with Crippen LogP contribution in [0.25, 0.3) is 10.9 Å². The van der Waals surface area contributed by atoms with Crippen molar-refractivity contribution in [2.75, 3.05) is 5.32 Å². The quantitative estimate of drug-likeness (QED) is 0.690. The molecule has 1 aromatic carbocycles. The van der Waals surface area contributed by atoms with Crippen molar-refractivity contribution < 1.29 is 14.7 Å². The van der Waals surface area contributed by atoms with Crippen LogP contribution in [-0.4, -0.2) is 27.2 Å². The Balaban J connectivity index is 1.82. The highest BCUT2D eigenvalue weighted by Crippen LogP contribution is 2.23. The summed E-state index contributed by atoms with van der Waals surface area (Å²) >= 11 is 1.02. The maximum absolute atomic E-state index is 12.1. The van der Waals surface area contributed by atoms with E-state index in [0.29, 0.717) is 10.6 Å². The molecule has 0 spiro atoms. The summed E-state index contributed by atoms with van der Waals surface area (Å²) in [5.74, 6) is -1.30. The largest absolute Gasteiger partial charge is 0.477 e. The molecule has 0 aliphatic rings. The van der Waals surface area contributed by atoms with Gasteiger partial charge >= 0.3 is 5.97 Å². The molecule has 0 bridgehead atoms. The summed E-state index contributed by atoms with van der Waals surface area (Å²) in [6.45, 7) is 0. The van der Waals surface area contributed by atoms with E-state index in [0.717, 1.165) is 22.2 Å². The molecule has 2 heterocycles. The normalized spacial score (nSPS) is 10.6. The van der Waals surface area contributed by atoms with Crippen molar-refractivity contribution in [2.24, 2.45) is 0 Å². The summed E-state index contributed by atoms with van der Waals surface area (Å²) in [7, 11) is 0. The number of carboxylic acids is 1. The van der Waals surface area contributed by atoms with Crippen LogP contribution in [0, 0.1) is 0 Å². The van der Waals surface area contributed by atoms with E-state index in [1.807, 2.05) is 0 Å². The first-order valence-corrected chi connectivity index (χ1v) is 6.53. The van der Waals surface area contributed by atoms with Crippen LogP contribution in [0.1, 0.15) is 20.0 Å². The number of hydrogen-bond acceptors (Lipinski definition) is 4. The van der Waals surface area contributed by atoms with Crippen molar-refractivity contribution in [3.8, 4) is 0 Å². The number of thiophene rings is 1. The van der Waals surface area contributed by atoms with Crippen molar-refractivity contribution in [3.63, 3.8) is 0 Å². The summed E-state index contributed by atoms with van der Waals surface area (Å²) in [5, 5.41) is 19.6. The molecule has 0 saturated carbocycles. The zero-order valence-corrected chi connectivity index (χ0v) is 10.9. The lowest BCUT2D eigenvalue weighted by molar-refractivity contribution is 0.0702. The molecule has 0 aliphatic carbocycles. The first kappa shape index (κ1) is 12.4. The van der Waals surface area contributed by atoms with E-state index in [-0.39, 0.29) is 10.8 Å². The Hall–Kier alpha value is -2.67. The van der Waals surface area contributed by atoms with Crippen LogP contribution in [0.5, 0.6) is 0 Å². The van der Waals surface area contributed by atoms with Crippen molar-refractivity contribution in [1.82, 2.24) is 10.2 Å². The third kappa shape index (κ3) is 2.26. The molecule has 3 aromatic rings. The zero-order valence-electron chi connectivity index (χ0n) is 10.1. The molecule has 6 nitrogen and oxygen atoms in total. The van der Waals surface area contributed by atoms with Crippen molar-refractivity contribution in [2.45, 2.75) is 0 Å². The van der Waals surface area contributed by atoms with E-state index < -0.39 is 5.97 Å². The number of carboxylic acid groups (broad SMARTS) is 1. The fourth-order valence-electron chi connectivity index (χ4n) is 1.78. The highest BCUT2D eigenvalue weighted by atomic mass is 32.1. The molecule has 2 aromatic heterocycles. The van der Waals surface area contributed by atoms with Crippen LogP contribution in [0.2, 0.25) is 0 Å². The van der Waals surface area contributed by atoms with E-state index >= 15 is 0 Å². The minimum atomic E-state index is -1.01. The van der Waals surface area contributed by atoms with Crippen LogP contribution < -0.4 is 5.32 Å². The third-order valence-corrected chi connectivity index (χ3v) is 3.75. The van der Waals surface area contributed by atoms with Gasteiger partial charge < -0.3 is 10.4 Å². The predicted molar refractivity (Wildman–Crippen MR) is 75.3 cm³/mol. The highest BCUT2D eigenvalue weighted by Gasteiger charge is 2.11. The minimum Gasteiger partial charge on any atom is -0.477 e. The number of carbonyl (C=O) groups excluding carboxylic acids is 1. The van der Waals surface area contributed by atoms with Gasteiger partial charge in [0.25, 0.3) is 5.91 Å². The molecule has 1 amide bonds. The summed E-state index contributed by atoms with van der Waals surface area (Å²) in [6, 6.07) is 8.22. The molecule has 3 N–H and O–H groups in total. The number of carbonyl (C=O) groups is 2. The number of benzene rings is 1. The topological polar surface area (TPSA) is 95.1 Å². The molecule has 0 saturated heterocycles. The summed E-state index contributed by atoms with van der Waals surface area (Å²) in [5.41, 5.74) is 1.25. The lowest BCUT2D eigenvalue weighted by Gasteiger charge is -2.02. The van der Waals surface area contributed by atoms with Gasteiger partial charge in [0.2, 0.25) is 0 Å². The number of fused-ring (bicyclic) bond motifs is 1. The van der Waals surface area contributed by atoms with Gasteiger partial charge in [0, 0.05) is 10.9 Å². The van der Waals surface area contributed by atoms with Gasteiger partial charge in [-0.2, -0.15) is 5.10 Å². The first-order chi connectivity index (χ1) is 9.63. The number of hydrogen-bond donors (Lipinski definition) is 3. The SMILES string of the molecule is O=C(Nc1ccc(C(=O)O)s1)c1ccc2cn[nH]c2c1. The summed E-state index contributed by atoms with van der Waals surface area (Å²) < 4.78 is 0. The van der Waals surface area contributed by atoms with Gasteiger partial charge in [0.15, 0.2) is 0 Å². The lowest BCUT2D eigenvalue weighted by atomic mass is 10.1. The predicted octanol–water partition coefficient (Wildman–Crippen LogP) is 2.57. The van der Waals surface area contributed by atoms with Crippen LogP contribution in [0.3, 0.4) is 0 Å². The maximum atomic E-state index is 12.1. The molecule has 20 heavy (non-hydrogen) atoms. The Bertz CT molecular complexity index is 806. The monoisotopic (exact) mass is 287 g/mol. The highest BCUT2D eigenvalue weighted by molar-refractivity contribution is 7.18. The zero-order chi connectivity index (χ0) is 14.1. The molecule has 0 aliphatic heterocycles. The van der Waals surface area contributed by atoms with Crippen LogP contribution in [-0.2, 0) is 0 Å². The second-order valence-corrected chi connectivity index (χ2v) is 5.18. The number of nitrogens with zero attached hydrogens (tertiary/aromatic N) is 1. The second kappa shape index (κ2) is 4.78. The Kier molecular flexibility index (Phi) is 2.96. The number of nitrogens with one attached hydrogen (secondary N) is 2. The Morgan fingerprint density at radius 1 is 1.25 bits per heavy atom. The summed E-state index contributed by atoms with van der Waals surface area (Å²) in [6.07, 6.45) is 1.68. The molecule has 0 radical (unpaired) electrons. The maximum Gasteiger partial charge on any atom is 0.345 e. The molecule has 0 fully saturated rings. The Morgan fingerprint density at radius 3 is 2.85 bits per heavy atom. The lowest BCUT2D eigenvalue weighted by Crippen LogP contribution is -2.10. The minimum absolute atomic E-state index is 0.185. The number of anilines is 1. The molecule has 100 valence electrons. The van der Waals surface area contributed by atoms with Gasteiger partial charge in [-0.3, -0.25) is 9.89 Å². The number of H-pyrrole nitrogens is 1. The van der Waals surface area contributed by atoms with Gasteiger partial charge in [0.1, 0.15) is 4.88 Å². The number of aromatic nitrogens is 2. The smallest absolute Gasteiger partial charge is 0.345 e. The van der Waals surface area contributed by atoms with E-state index in [4.69, 9.17) is 5.11 Å². The standard InChI is InChI=1S/C13H9N3O3S/c17-12(15-11-4-3-10(20-11)13(18)19)7-1-2-8-6-14-16-9(8)5-7/h1-6H,(H,14,16)(H,15,17)(H,18,19). The summed E-state index contributed by atoms with van der Waals surface area (Å²) in [4.78, 5) is 23.0. The van der Waals surface area contributed by atoms with E-state index in [1.54, 1.807) is 30.5 Å². The van der Waals surface area contributed by atoms with Crippen LogP contribution in [0.4, 0.5) is 5.00 Å². The van der Waals surface area contributed by atoms with Gasteiger partial charge in [0.05, 0.1) is 16.7 Å².